The van der Waals surface area contributed by atoms with Gasteiger partial charge in [0.2, 0.25) is 0 Å². The molecule has 0 spiro atoms. The molecule has 0 fully saturated rings. The lowest BCUT2D eigenvalue weighted by atomic mass is 9.87. The third-order valence-electron chi connectivity index (χ3n) is 4.19. The molecule has 4 nitrogen and oxygen atoms in total. The highest BCUT2D eigenvalue weighted by molar-refractivity contribution is 7.99. The first-order valence-corrected chi connectivity index (χ1v) is 9.84. The van der Waals surface area contributed by atoms with E-state index >= 15 is 0 Å². The van der Waals surface area contributed by atoms with Crippen LogP contribution in [-0.2, 0) is 5.41 Å². The maximum atomic E-state index is 9.05. The molecule has 136 valence electrons. The van der Waals surface area contributed by atoms with Gasteiger partial charge in [0.15, 0.2) is 11.0 Å². The van der Waals surface area contributed by atoms with Gasteiger partial charge >= 0.3 is 0 Å². The van der Waals surface area contributed by atoms with Crippen LogP contribution in [0, 0.1) is 0 Å². The van der Waals surface area contributed by atoms with E-state index in [1.165, 1.54) is 5.56 Å². The van der Waals surface area contributed by atoms with Crippen molar-refractivity contribution in [2.75, 3.05) is 12.4 Å². The smallest absolute Gasteiger partial charge is 0.196 e. The summed E-state index contributed by atoms with van der Waals surface area (Å²) >= 11 is 1.62. The van der Waals surface area contributed by atoms with Crippen LogP contribution in [0.25, 0.3) is 17.1 Å². The minimum Gasteiger partial charge on any atom is -0.396 e. The summed E-state index contributed by atoms with van der Waals surface area (Å²) in [4.78, 5) is 0. The molecule has 0 aliphatic carbocycles. The van der Waals surface area contributed by atoms with Gasteiger partial charge in [0, 0.05) is 23.6 Å². The summed E-state index contributed by atoms with van der Waals surface area (Å²) < 4.78 is 2.09. The van der Waals surface area contributed by atoms with E-state index in [2.05, 4.69) is 71.9 Å². The topological polar surface area (TPSA) is 50.9 Å². The summed E-state index contributed by atoms with van der Waals surface area (Å²) in [5.74, 6) is 1.65. The average molecular weight is 368 g/mol. The van der Waals surface area contributed by atoms with Crippen molar-refractivity contribution in [3.8, 4) is 17.1 Å². The van der Waals surface area contributed by atoms with E-state index in [1.54, 1.807) is 11.8 Å². The number of rotatable bonds is 6. The van der Waals surface area contributed by atoms with Crippen LogP contribution < -0.4 is 0 Å². The summed E-state index contributed by atoms with van der Waals surface area (Å²) in [6.45, 7) is 6.83. The number of hydrogen-bond donors (Lipinski definition) is 1. The molecule has 26 heavy (non-hydrogen) atoms. The van der Waals surface area contributed by atoms with Crippen LogP contribution in [0.2, 0.25) is 0 Å². The lowest BCUT2D eigenvalue weighted by Crippen LogP contribution is -2.10. The van der Waals surface area contributed by atoms with Crippen LogP contribution in [0.3, 0.4) is 0 Å². The molecule has 0 aliphatic heterocycles. The molecular weight excluding hydrogens is 342 g/mol. The molecule has 1 aromatic heterocycles. The molecule has 1 N–H and O–H groups in total. The molecule has 1 heterocycles. The molecule has 5 heteroatoms. The highest BCUT2D eigenvalue weighted by Gasteiger charge is 2.18. The Balaban J connectivity index is 2.01. The van der Waals surface area contributed by atoms with Crippen LogP contribution in [0.1, 0.15) is 32.8 Å². The second kappa shape index (κ2) is 8.06. The van der Waals surface area contributed by atoms with Gasteiger partial charge in [-0.1, -0.05) is 75.0 Å². The molecule has 0 amide bonds. The number of aliphatic hydroxyl groups is 1. The molecular formula is C21H25N3OS. The lowest BCUT2D eigenvalue weighted by Gasteiger charge is -2.19. The van der Waals surface area contributed by atoms with Crippen molar-refractivity contribution in [3.63, 3.8) is 0 Å². The molecule has 2 aromatic carbocycles. The summed E-state index contributed by atoms with van der Waals surface area (Å²) in [7, 11) is 0. The van der Waals surface area contributed by atoms with E-state index in [0.29, 0.717) is 0 Å². The predicted molar refractivity (Wildman–Crippen MR) is 108 cm³/mol. The van der Waals surface area contributed by atoms with Gasteiger partial charge < -0.3 is 5.11 Å². The molecule has 0 aliphatic rings. The minimum absolute atomic E-state index is 0.122. The Bertz CT molecular complexity index is 836. The average Bonchev–Trinajstić information content (AvgIpc) is 3.06. The van der Waals surface area contributed by atoms with Gasteiger partial charge in [0.25, 0.3) is 0 Å². The van der Waals surface area contributed by atoms with Gasteiger partial charge in [-0.3, -0.25) is 4.57 Å². The highest BCUT2D eigenvalue weighted by Crippen LogP contribution is 2.30. The van der Waals surface area contributed by atoms with Crippen molar-refractivity contribution in [1.29, 1.82) is 0 Å². The molecule has 0 atom stereocenters. The molecule has 0 saturated carbocycles. The Morgan fingerprint density at radius 2 is 1.65 bits per heavy atom. The molecule has 0 bridgehead atoms. The fraction of sp³-hybridized carbons (Fsp3) is 0.333. The second-order valence-electron chi connectivity index (χ2n) is 7.23. The van der Waals surface area contributed by atoms with Crippen molar-refractivity contribution < 1.29 is 5.11 Å². The normalized spacial score (nSPS) is 11.7. The number of nitrogens with zero attached hydrogens (tertiary/aromatic N) is 3. The first-order valence-electron chi connectivity index (χ1n) is 8.86. The van der Waals surface area contributed by atoms with Gasteiger partial charge in [-0.15, -0.1) is 10.2 Å². The van der Waals surface area contributed by atoms with Crippen molar-refractivity contribution in [3.05, 3.63) is 60.2 Å². The Hall–Kier alpha value is -2.11. The quantitative estimate of drug-likeness (QED) is 0.506. The lowest BCUT2D eigenvalue weighted by molar-refractivity contribution is 0.296. The van der Waals surface area contributed by atoms with Crippen molar-refractivity contribution in [2.45, 2.75) is 37.8 Å². The van der Waals surface area contributed by atoms with E-state index in [9.17, 15) is 0 Å². The second-order valence-corrected chi connectivity index (χ2v) is 8.29. The van der Waals surface area contributed by atoms with Gasteiger partial charge in [-0.25, -0.2) is 0 Å². The number of thioether (sulfide) groups is 1. The number of hydrogen-bond acceptors (Lipinski definition) is 4. The van der Waals surface area contributed by atoms with Gasteiger partial charge in [0.05, 0.1) is 0 Å². The van der Waals surface area contributed by atoms with Crippen LogP contribution in [0.4, 0.5) is 0 Å². The maximum Gasteiger partial charge on any atom is 0.196 e. The number of para-hydroxylation sites is 1. The summed E-state index contributed by atoms with van der Waals surface area (Å²) in [6.07, 6.45) is 0.738. The number of benzene rings is 2. The third kappa shape index (κ3) is 4.17. The van der Waals surface area contributed by atoms with E-state index < -0.39 is 0 Å². The number of aliphatic hydroxyl groups excluding tert-OH is 1. The van der Waals surface area contributed by atoms with E-state index in [-0.39, 0.29) is 12.0 Å². The highest BCUT2D eigenvalue weighted by atomic mass is 32.2. The van der Waals surface area contributed by atoms with E-state index in [0.717, 1.165) is 34.4 Å². The molecule has 3 aromatic rings. The zero-order valence-corrected chi connectivity index (χ0v) is 16.3. The molecule has 0 unspecified atom stereocenters. The van der Waals surface area contributed by atoms with Gasteiger partial charge in [0.1, 0.15) is 0 Å². The van der Waals surface area contributed by atoms with Crippen molar-refractivity contribution >= 4 is 11.8 Å². The summed E-state index contributed by atoms with van der Waals surface area (Å²) in [5, 5.41) is 18.8. The van der Waals surface area contributed by atoms with Crippen LogP contribution in [0.5, 0.6) is 0 Å². The SMILES string of the molecule is CC(C)(C)c1ccc(-c2nnc(SCCCO)n2-c2ccccc2)cc1. The fourth-order valence-corrected chi connectivity index (χ4v) is 3.58. The first-order chi connectivity index (χ1) is 12.5. The first kappa shape index (κ1) is 18.7. The van der Waals surface area contributed by atoms with Crippen molar-refractivity contribution in [2.24, 2.45) is 0 Å². The Morgan fingerprint density at radius 3 is 2.27 bits per heavy atom. The minimum atomic E-state index is 0.122. The summed E-state index contributed by atoms with van der Waals surface area (Å²) in [6, 6.07) is 18.7. The zero-order chi connectivity index (χ0) is 18.6. The van der Waals surface area contributed by atoms with Crippen LogP contribution in [-0.4, -0.2) is 32.2 Å². The Labute approximate surface area is 159 Å². The fourth-order valence-electron chi connectivity index (χ4n) is 2.71. The van der Waals surface area contributed by atoms with Gasteiger partial charge in [-0.2, -0.15) is 0 Å². The Morgan fingerprint density at radius 1 is 0.962 bits per heavy atom. The van der Waals surface area contributed by atoms with Crippen LogP contribution >= 0.6 is 11.8 Å². The summed E-state index contributed by atoms with van der Waals surface area (Å²) in [5.41, 5.74) is 3.50. The standard InChI is InChI=1S/C21H25N3OS/c1-21(2,3)17-12-10-16(11-13-17)19-22-23-20(26-15-7-14-25)24(19)18-8-5-4-6-9-18/h4-6,8-13,25H,7,14-15H2,1-3H3. The maximum absolute atomic E-state index is 9.05. The van der Waals surface area contributed by atoms with Gasteiger partial charge in [-0.05, 0) is 29.5 Å². The predicted octanol–water partition coefficient (Wildman–Crippen LogP) is 4.71. The van der Waals surface area contributed by atoms with Crippen LogP contribution in [0.15, 0.2) is 59.8 Å². The van der Waals surface area contributed by atoms with E-state index in [4.69, 9.17) is 5.11 Å². The molecule has 0 radical (unpaired) electrons. The Kier molecular flexibility index (Phi) is 5.79. The molecule has 3 rings (SSSR count). The largest absolute Gasteiger partial charge is 0.396 e. The third-order valence-corrected chi connectivity index (χ3v) is 5.21. The monoisotopic (exact) mass is 367 g/mol. The zero-order valence-electron chi connectivity index (χ0n) is 15.5. The van der Waals surface area contributed by atoms with E-state index in [1.807, 2.05) is 18.2 Å². The van der Waals surface area contributed by atoms with Crippen molar-refractivity contribution in [1.82, 2.24) is 14.8 Å². The molecule has 0 saturated heterocycles. The number of aromatic nitrogens is 3.